The highest BCUT2D eigenvalue weighted by atomic mass is 32.1. The summed E-state index contributed by atoms with van der Waals surface area (Å²) in [5, 5.41) is 8.06. The van der Waals surface area contributed by atoms with E-state index in [-0.39, 0.29) is 16.7 Å². The van der Waals surface area contributed by atoms with E-state index < -0.39 is 0 Å². The molecule has 0 radical (unpaired) electrons. The van der Waals surface area contributed by atoms with Crippen molar-refractivity contribution in [2.75, 3.05) is 30.8 Å². The second-order valence-corrected chi connectivity index (χ2v) is 16.4. The number of nitrogens with zero attached hydrogens (tertiary/aromatic N) is 3. The van der Waals surface area contributed by atoms with Gasteiger partial charge in [-0.15, -0.1) is 0 Å². The normalized spacial score (nSPS) is 16.6. The second-order valence-electron chi connectivity index (χ2n) is 16.0. The number of allylic oxidation sites excluding steroid dienone is 6. The number of aromatic nitrogens is 1. The molecule has 0 spiro atoms. The molecule has 0 atom stereocenters. The van der Waals surface area contributed by atoms with Crippen LogP contribution in [-0.2, 0) is 15.6 Å². The number of nitrogens with one attached hydrogen (secondary N) is 1. The highest BCUT2D eigenvalue weighted by Crippen LogP contribution is 2.50. The van der Waals surface area contributed by atoms with E-state index in [4.69, 9.17) is 4.98 Å². The fraction of sp³-hybridized carbons (Fsp3) is 0.306. The summed E-state index contributed by atoms with van der Waals surface area (Å²) in [6, 6.07) is 30.1. The van der Waals surface area contributed by atoms with Crippen molar-refractivity contribution in [2.24, 2.45) is 0 Å². The van der Waals surface area contributed by atoms with Gasteiger partial charge in [-0.25, -0.2) is 0 Å². The Morgan fingerprint density at radius 3 is 2.25 bits per heavy atom. The van der Waals surface area contributed by atoms with Crippen molar-refractivity contribution in [3.8, 4) is 0 Å². The molecular weight excluding hydrogens is 709 g/mol. The van der Waals surface area contributed by atoms with E-state index in [0.29, 0.717) is 18.5 Å². The molecule has 286 valence electrons. The van der Waals surface area contributed by atoms with Crippen molar-refractivity contribution in [1.82, 2.24) is 10.3 Å². The molecule has 5 aromatic rings. The molecule has 2 aliphatic heterocycles. The molecule has 1 amide bonds. The van der Waals surface area contributed by atoms with Crippen molar-refractivity contribution >= 4 is 69.0 Å². The molecule has 7 rings (SSSR count). The quantitative estimate of drug-likeness (QED) is 0.0389. The van der Waals surface area contributed by atoms with Crippen LogP contribution in [0.2, 0.25) is 0 Å². The molecular formula is C49H53N4O2S+. The minimum Gasteiger partial charge on any atom is -0.352 e. The summed E-state index contributed by atoms with van der Waals surface area (Å²) >= 11 is 4.59. The Morgan fingerprint density at radius 2 is 1.55 bits per heavy atom. The number of aldehydes is 1. The molecule has 0 aliphatic carbocycles. The minimum absolute atomic E-state index is 0.143. The number of carbonyl (C=O) groups excluding carboxylic acids is 2. The Hall–Kier alpha value is -5.27. The van der Waals surface area contributed by atoms with E-state index >= 15 is 0 Å². The van der Waals surface area contributed by atoms with Crippen molar-refractivity contribution in [1.29, 1.82) is 0 Å². The van der Waals surface area contributed by atoms with Gasteiger partial charge >= 0.3 is 0 Å². The number of thiol groups is 1. The number of unbranched alkanes of at least 4 members (excludes halogenated alkanes) is 3. The van der Waals surface area contributed by atoms with Crippen LogP contribution in [0, 0.1) is 0 Å². The van der Waals surface area contributed by atoms with Gasteiger partial charge in [-0.3, -0.25) is 9.78 Å². The average Bonchev–Trinajstić information content (AvgIpc) is 3.55. The number of anilines is 1. The van der Waals surface area contributed by atoms with Crippen LogP contribution in [0.4, 0.5) is 11.4 Å². The smallest absolute Gasteiger partial charge is 0.252 e. The maximum Gasteiger partial charge on any atom is 0.252 e. The van der Waals surface area contributed by atoms with Crippen molar-refractivity contribution in [2.45, 2.75) is 70.6 Å². The molecule has 3 heterocycles. The van der Waals surface area contributed by atoms with E-state index in [0.717, 1.165) is 55.5 Å². The van der Waals surface area contributed by atoms with E-state index in [1.165, 1.54) is 55.5 Å². The lowest BCUT2D eigenvalue weighted by Gasteiger charge is -2.24. The Bertz CT molecular complexity index is 2420. The monoisotopic (exact) mass is 761 g/mol. The highest BCUT2D eigenvalue weighted by molar-refractivity contribution is 7.80. The number of pyridine rings is 1. The van der Waals surface area contributed by atoms with Gasteiger partial charge in [-0.2, -0.15) is 17.2 Å². The Balaban J connectivity index is 1.28. The molecule has 1 N–H and O–H groups in total. The maximum atomic E-state index is 13.1. The topological polar surface area (TPSA) is 65.3 Å². The lowest BCUT2D eigenvalue weighted by Crippen LogP contribution is -2.28. The summed E-state index contributed by atoms with van der Waals surface area (Å²) in [6.45, 7) is 10.7. The van der Waals surface area contributed by atoms with Crippen molar-refractivity contribution < 1.29 is 14.2 Å². The van der Waals surface area contributed by atoms with Crippen LogP contribution in [0.3, 0.4) is 0 Å². The van der Waals surface area contributed by atoms with E-state index in [1.807, 2.05) is 12.1 Å². The summed E-state index contributed by atoms with van der Waals surface area (Å²) in [6.07, 6.45) is 15.6. The number of hydrogen-bond donors (Lipinski definition) is 2. The van der Waals surface area contributed by atoms with Gasteiger partial charge < -0.3 is 15.0 Å². The van der Waals surface area contributed by atoms with E-state index in [2.05, 4.69) is 159 Å². The summed E-state index contributed by atoms with van der Waals surface area (Å²) < 4.78 is 2.47. The molecule has 0 fully saturated rings. The zero-order chi connectivity index (χ0) is 39.5. The summed E-state index contributed by atoms with van der Waals surface area (Å²) in [5.74, 6) is 0.663. The summed E-state index contributed by atoms with van der Waals surface area (Å²) in [5.41, 5.74) is 9.32. The zero-order valence-electron chi connectivity index (χ0n) is 33.3. The van der Waals surface area contributed by atoms with Crippen LogP contribution in [0.15, 0.2) is 121 Å². The third-order valence-corrected chi connectivity index (χ3v) is 12.0. The zero-order valence-corrected chi connectivity index (χ0v) is 34.2. The number of carbonyl (C=O) groups is 2. The number of benzene rings is 4. The lowest BCUT2D eigenvalue weighted by molar-refractivity contribution is -0.437. The largest absolute Gasteiger partial charge is 0.352 e. The third-order valence-electron chi connectivity index (χ3n) is 11.6. The predicted octanol–water partition coefficient (Wildman–Crippen LogP) is 10.5. The molecule has 6 nitrogen and oxygen atoms in total. The Labute approximate surface area is 337 Å². The van der Waals surface area contributed by atoms with Crippen LogP contribution in [-0.4, -0.2) is 53.4 Å². The Morgan fingerprint density at radius 1 is 0.839 bits per heavy atom. The molecule has 2 aliphatic rings. The van der Waals surface area contributed by atoms with Crippen LogP contribution in [0.25, 0.3) is 27.1 Å². The van der Waals surface area contributed by atoms with Gasteiger partial charge in [-0.1, -0.05) is 80.9 Å². The van der Waals surface area contributed by atoms with Gasteiger partial charge in [0.25, 0.3) is 5.91 Å². The minimum atomic E-state index is -0.258. The van der Waals surface area contributed by atoms with E-state index in [1.54, 1.807) is 6.20 Å². The van der Waals surface area contributed by atoms with Gasteiger partial charge in [0.1, 0.15) is 12.8 Å². The number of amides is 1. The molecule has 0 saturated carbocycles. The standard InChI is InChI=1S/C49H52N4O2S/c1-48(2)43(52(5)41-25-20-34-15-8-10-17-38(34)45(41)48)27-22-36(40-24-19-37(33-51-40)47(55)50-29-12-6-7-13-31-54)23-28-44-49(3,4)46-39-18-11-9-16-35(39)21-26-42(46)53(44)30-14-32-56/h8-11,15-28,31,33H,6-7,12-14,29-30,32H2,1-5H3,(H-,50,55,56)/p+1. The lowest BCUT2D eigenvalue weighted by atomic mass is 9.79. The van der Waals surface area contributed by atoms with Gasteiger partial charge in [0.2, 0.25) is 5.69 Å². The number of rotatable bonds is 14. The van der Waals surface area contributed by atoms with Crippen LogP contribution in [0.1, 0.15) is 87.0 Å². The Kier molecular flexibility index (Phi) is 11.5. The molecule has 1 aromatic heterocycles. The van der Waals surface area contributed by atoms with Gasteiger partial charge in [0, 0.05) is 72.7 Å². The van der Waals surface area contributed by atoms with Crippen LogP contribution in [0.5, 0.6) is 0 Å². The first kappa shape index (κ1) is 39.0. The third kappa shape index (κ3) is 7.37. The van der Waals surface area contributed by atoms with Crippen LogP contribution >= 0.6 is 12.6 Å². The SMILES string of the molecule is CN1/C(=C/C=C(/C=C/C2=[N+](CCCS)c3ccc4ccccc4c3C2(C)C)c2ccc(C(=O)NCCCCCC=O)cn2)C(C)(C)c2c1ccc1ccccc21. The van der Waals surface area contributed by atoms with Gasteiger partial charge in [0.15, 0.2) is 5.71 Å². The molecule has 7 heteroatoms. The summed E-state index contributed by atoms with van der Waals surface area (Å²) in [7, 11) is 2.16. The fourth-order valence-electron chi connectivity index (χ4n) is 8.79. The first-order chi connectivity index (χ1) is 27.1. The molecule has 0 saturated heterocycles. The highest BCUT2D eigenvalue weighted by Gasteiger charge is 2.45. The molecule has 56 heavy (non-hydrogen) atoms. The van der Waals surface area contributed by atoms with Crippen molar-refractivity contribution in [3.63, 3.8) is 0 Å². The predicted molar refractivity (Wildman–Crippen MR) is 237 cm³/mol. The van der Waals surface area contributed by atoms with Gasteiger partial charge in [-0.05, 0) is 96.0 Å². The average molecular weight is 762 g/mol. The maximum absolute atomic E-state index is 13.1. The van der Waals surface area contributed by atoms with E-state index in [9.17, 15) is 9.59 Å². The van der Waals surface area contributed by atoms with Crippen LogP contribution < -0.4 is 10.2 Å². The number of hydrogen-bond acceptors (Lipinski definition) is 5. The number of likely N-dealkylation sites (N-methyl/N-ethyl adjacent to an activating group) is 1. The first-order valence-electron chi connectivity index (χ1n) is 19.9. The molecule has 0 bridgehead atoms. The molecule has 0 unspecified atom stereocenters. The number of fused-ring (bicyclic) bond motifs is 6. The second kappa shape index (κ2) is 16.4. The summed E-state index contributed by atoms with van der Waals surface area (Å²) in [4.78, 5) is 30.9. The van der Waals surface area contributed by atoms with Gasteiger partial charge in [0.05, 0.1) is 16.7 Å². The first-order valence-corrected chi connectivity index (χ1v) is 20.5. The fourth-order valence-corrected chi connectivity index (χ4v) is 8.94. The van der Waals surface area contributed by atoms with Crippen molar-refractivity contribution in [3.05, 3.63) is 144 Å². The molecule has 4 aromatic carbocycles.